The van der Waals surface area contributed by atoms with E-state index in [1.54, 1.807) is 11.3 Å². The van der Waals surface area contributed by atoms with Crippen LogP contribution in [-0.2, 0) is 12.8 Å². The van der Waals surface area contributed by atoms with Gasteiger partial charge < -0.3 is 5.32 Å². The third-order valence-electron chi connectivity index (χ3n) is 2.75. The van der Waals surface area contributed by atoms with E-state index in [-0.39, 0.29) is 0 Å². The van der Waals surface area contributed by atoms with Crippen LogP contribution < -0.4 is 5.32 Å². The van der Waals surface area contributed by atoms with Gasteiger partial charge in [0.05, 0.1) is 0 Å². The minimum absolute atomic E-state index is 0.764. The summed E-state index contributed by atoms with van der Waals surface area (Å²) >= 11 is 7.82. The molecule has 1 aromatic heterocycles. The molecule has 0 saturated carbocycles. The Labute approximate surface area is 123 Å². The number of benzene rings is 1. The summed E-state index contributed by atoms with van der Waals surface area (Å²) in [5.74, 6) is 0. The summed E-state index contributed by atoms with van der Waals surface area (Å²) in [6, 6.07) is 7.88. The second-order valence-corrected chi connectivity index (χ2v) is 5.91. The molecule has 1 N–H and O–H groups in total. The zero-order chi connectivity index (χ0) is 13.5. The van der Waals surface area contributed by atoms with Gasteiger partial charge in [0.25, 0.3) is 0 Å². The second kappa shape index (κ2) is 7.58. The van der Waals surface area contributed by atoms with Crippen LogP contribution >= 0.6 is 22.9 Å². The van der Waals surface area contributed by atoms with Crippen molar-refractivity contribution in [1.82, 2.24) is 15.5 Å². The number of hydrogen-bond acceptors (Lipinski definition) is 4. The minimum Gasteiger partial charge on any atom is -0.316 e. The lowest BCUT2D eigenvalue weighted by Gasteiger charge is -2.00. The molecular formula is C14H18ClN3S. The lowest BCUT2D eigenvalue weighted by Crippen LogP contribution is -2.17. The molecule has 0 bridgehead atoms. The first kappa shape index (κ1) is 14.4. The fraction of sp³-hybridized carbons (Fsp3) is 0.429. The van der Waals surface area contributed by atoms with Gasteiger partial charge in [-0.15, -0.1) is 21.5 Å². The van der Waals surface area contributed by atoms with Gasteiger partial charge in [-0.05, 0) is 24.6 Å². The predicted octanol–water partition coefficient (Wildman–Crippen LogP) is 3.32. The van der Waals surface area contributed by atoms with Crippen LogP contribution in [0.15, 0.2) is 24.3 Å². The number of nitrogens with zero attached hydrogens (tertiary/aromatic N) is 2. The molecule has 0 amide bonds. The first-order valence-electron chi connectivity index (χ1n) is 6.55. The highest BCUT2D eigenvalue weighted by Gasteiger charge is 2.07. The molecule has 0 aliphatic rings. The van der Waals surface area contributed by atoms with Crippen molar-refractivity contribution in [2.45, 2.75) is 26.2 Å². The topological polar surface area (TPSA) is 37.8 Å². The van der Waals surface area contributed by atoms with Gasteiger partial charge in [0.15, 0.2) is 0 Å². The summed E-state index contributed by atoms with van der Waals surface area (Å²) < 4.78 is 0. The monoisotopic (exact) mass is 295 g/mol. The Morgan fingerprint density at radius 2 is 1.95 bits per heavy atom. The van der Waals surface area contributed by atoms with Crippen LogP contribution in [0.3, 0.4) is 0 Å². The second-order valence-electron chi connectivity index (χ2n) is 4.36. The van der Waals surface area contributed by atoms with Gasteiger partial charge >= 0.3 is 0 Å². The van der Waals surface area contributed by atoms with E-state index in [0.717, 1.165) is 53.0 Å². The summed E-state index contributed by atoms with van der Waals surface area (Å²) in [6.45, 7) is 4.19. The third-order valence-corrected chi connectivity index (χ3v) is 4.10. The van der Waals surface area contributed by atoms with E-state index in [0.29, 0.717) is 0 Å². The van der Waals surface area contributed by atoms with Gasteiger partial charge in [-0.3, -0.25) is 0 Å². The van der Waals surface area contributed by atoms with Crippen molar-refractivity contribution in [3.8, 4) is 0 Å². The molecular weight excluding hydrogens is 278 g/mol. The average molecular weight is 296 g/mol. The normalized spacial score (nSPS) is 10.8. The highest BCUT2D eigenvalue weighted by atomic mass is 35.5. The number of hydrogen-bond donors (Lipinski definition) is 1. The van der Waals surface area contributed by atoms with E-state index in [4.69, 9.17) is 11.6 Å². The van der Waals surface area contributed by atoms with Crippen LogP contribution in [-0.4, -0.2) is 23.3 Å². The van der Waals surface area contributed by atoms with Crippen molar-refractivity contribution in [2.24, 2.45) is 0 Å². The van der Waals surface area contributed by atoms with Gasteiger partial charge in [-0.1, -0.05) is 36.7 Å². The number of aromatic nitrogens is 2. The minimum atomic E-state index is 0.764. The molecule has 2 aromatic rings. The molecule has 0 saturated heterocycles. The van der Waals surface area contributed by atoms with Crippen LogP contribution in [0.4, 0.5) is 0 Å². The smallest absolute Gasteiger partial charge is 0.121 e. The van der Waals surface area contributed by atoms with E-state index in [1.807, 2.05) is 24.3 Å². The first-order valence-corrected chi connectivity index (χ1v) is 7.74. The van der Waals surface area contributed by atoms with Gasteiger partial charge in [-0.2, -0.15) is 0 Å². The molecule has 19 heavy (non-hydrogen) atoms. The highest BCUT2D eigenvalue weighted by molar-refractivity contribution is 7.11. The van der Waals surface area contributed by atoms with Crippen LogP contribution in [0.2, 0.25) is 5.02 Å². The number of halogens is 1. The van der Waals surface area contributed by atoms with Crippen molar-refractivity contribution >= 4 is 22.9 Å². The third kappa shape index (κ3) is 4.56. The quantitative estimate of drug-likeness (QED) is 0.796. The maximum atomic E-state index is 6.15. The summed E-state index contributed by atoms with van der Waals surface area (Å²) in [4.78, 5) is 0. The maximum Gasteiger partial charge on any atom is 0.121 e. The molecule has 0 unspecified atom stereocenters. The van der Waals surface area contributed by atoms with E-state index in [2.05, 4.69) is 22.4 Å². The largest absolute Gasteiger partial charge is 0.316 e. The van der Waals surface area contributed by atoms with Crippen molar-refractivity contribution in [1.29, 1.82) is 0 Å². The lowest BCUT2D eigenvalue weighted by atomic mass is 10.2. The molecule has 0 radical (unpaired) electrons. The van der Waals surface area contributed by atoms with Crippen LogP contribution in [0.1, 0.15) is 28.9 Å². The Balaban J connectivity index is 1.89. The molecule has 3 nitrogen and oxygen atoms in total. The Kier molecular flexibility index (Phi) is 5.76. The van der Waals surface area contributed by atoms with Crippen molar-refractivity contribution < 1.29 is 0 Å². The van der Waals surface area contributed by atoms with Crippen LogP contribution in [0, 0.1) is 0 Å². The zero-order valence-electron chi connectivity index (χ0n) is 11.0. The van der Waals surface area contributed by atoms with Crippen molar-refractivity contribution in [3.05, 3.63) is 44.9 Å². The Morgan fingerprint density at radius 1 is 1.16 bits per heavy atom. The molecule has 2 rings (SSSR count). The predicted molar refractivity (Wildman–Crippen MR) is 81.0 cm³/mol. The Morgan fingerprint density at radius 3 is 2.74 bits per heavy atom. The number of rotatable bonds is 7. The van der Waals surface area contributed by atoms with Crippen molar-refractivity contribution in [2.75, 3.05) is 13.1 Å². The molecule has 0 atom stereocenters. The molecule has 102 valence electrons. The van der Waals surface area contributed by atoms with Crippen LogP contribution in [0.25, 0.3) is 0 Å². The molecule has 0 fully saturated rings. The molecule has 1 heterocycles. The van der Waals surface area contributed by atoms with Gasteiger partial charge in [0.2, 0.25) is 0 Å². The zero-order valence-corrected chi connectivity index (χ0v) is 12.6. The molecule has 0 spiro atoms. The fourth-order valence-electron chi connectivity index (χ4n) is 1.76. The highest BCUT2D eigenvalue weighted by Crippen LogP contribution is 2.20. The SMILES string of the molecule is CCCNCCc1nnc(Cc2ccccc2Cl)s1. The molecule has 0 aliphatic carbocycles. The van der Waals surface area contributed by atoms with Crippen LogP contribution in [0.5, 0.6) is 0 Å². The van der Waals surface area contributed by atoms with E-state index < -0.39 is 0 Å². The summed E-state index contributed by atoms with van der Waals surface area (Å²) in [5, 5.41) is 14.7. The van der Waals surface area contributed by atoms with Gasteiger partial charge in [0, 0.05) is 24.4 Å². The van der Waals surface area contributed by atoms with E-state index in [9.17, 15) is 0 Å². The van der Waals surface area contributed by atoms with E-state index >= 15 is 0 Å². The standard InChI is InChI=1S/C14H18ClN3S/c1-2-8-16-9-7-13-17-18-14(19-13)10-11-5-3-4-6-12(11)15/h3-6,16H,2,7-10H2,1H3. The summed E-state index contributed by atoms with van der Waals surface area (Å²) in [6.07, 6.45) is 2.87. The Bertz CT molecular complexity index is 513. The molecule has 0 aliphatic heterocycles. The fourth-order valence-corrected chi connectivity index (χ4v) is 2.83. The molecule has 5 heteroatoms. The maximum absolute atomic E-state index is 6.15. The summed E-state index contributed by atoms with van der Waals surface area (Å²) in [7, 11) is 0. The first-order chi connectivity index (χ1) is 9.29. The lowest BCUT2D eigenvalue weighted by molar-refractivity contribution is 0.667. The molecule has 1 aromatic carbocycles. The van der Waals surface area contributed by atoms with Crippen molar-refractivity contribution in [3.63, 3.8) is 0 Å². The van der Waals surface area contributed by atoms with E-state index in [1.165, 1.54) is 0 Å². The van der Waals surface area contributed by atoms with Gasteiger partial charge in [-0.25, -0.2) is 0 Å². The number of nitrogens with one attached hydrogen (secondary N) is 1. The summed E-state index contributed by atoms with van der Waals surface area (Å²) in [5.41, 5.74) is 1.11. The average Bonchev–Trinajstić information content (AvgIpc) is 2.85. The van der Waals surface area contributed by atoms with Gasteiger partial charge in [0.1, 0.15) is 10.0 Å². The Hall–Kier alpha value is -0.970.